The van der Waals surface area contributed by atoms with Gasteiger partial charge in [0.2, 0.25) is 0 Å². The number of hydrogen-bond donors (Lipinski definition) is 1. The molecule has 17 heavy (non-hydrogen) atoms. The first-order chi connectivity index (χ1) is 8.00. The Balaban J connectivity index is 2.40. The van der Waals surface area contributed by atoms with Crippen molar-refractivity contribution in [2.24, 2.45) is 0 Å². The first-order valence-electron chi connectivity index (χ1n) is 5.22. The molecule has 0 saturated heterocycles. The largest absolute Gasteiger partial charge is 0.351 e. The van der Waals surface area contributed by atoms with Crippen LogP contribution in [0.4, 0.5) is 0 Å². The van der Waals surface area contributed by atoms with Gasteiger partial charge in [-0.25, -0.2) is 4.98 Å². The minimum atomic E-state index is -0.846. The molecule has 0 aliphatic heterocycles. The van der Waals surface area contributed by atoms with E-state index in [4.69, 9.17) is 0 Å². The maximum atomic E-state index is 11.6. The van der Waals surface area contributed by atoms with Crippen LogP contribution in [0.3, 0.4) is 0 Å². The zero-order chi connectivity index (χ0) is 12.8. The van der Waals surface area contributed by atoms with Crippen LogP contribution in [-0.4, -0.2) is 33.2 Å². The molecule has 0 aliphatic rings. The summed E-state index contributed by atoms with van der Waals surface area (Å²) in [7, 11) is -0.846. The highest BCUT2D eigenvalue weighted by molar-refractivity contribution is 9.10. The van der Waals surface area contributed by atoms with Gasteiger partial charge in [-0.05, 0) is 34.5 Å². The van der Waals surface area contributed by atoms with Crippen LogP contribution in [0.2, 0.25) is 0 Å². The van der Waals surface area contributed by atoms with Crippen LogP contribution in [0.25, 0.3) is 0 Å². The Kier molecular flexibility index (Phi) is 5.77. The summed E-state index contributed by atoms with van der Waals surface area (Å²) < 4.78 is 11.9. The number of halogens is 1. The molecule has 0 aromatic carbocycles. The van der Waals surface area contributed by atoms with E-state index in [1.807, 2.05) is 6.92 Å². The Morgan fingerprint density at radius 1 is 1.59 bits per heavy atom. The molecule has 1 amide bonds. The van der Waals surface area contributed by atoms with Crippen LogP contribution >= 0.6 is 15.9 Å². The third kappa shape index (κ3) is 4.95. The van der Waals surface area contributed by atoms with Gasteiger partial charge in [0.25, 0.3) is 5.91 Å². The minimum Gasteiger partial charge on any atom is -0.351 e. The van der Waals surface area contributed by atoms with Gasteiger partial charge in [-0.15, -0.1) is 0 Å². The van der Waals surface area contributed by atoms with E-state index in [-0.39, 0.29) is 11.2 Å². The molecule has 6 heteroatoms. The summed E-state index contributed by atoms with van der Waals surface area (Å²) in [5, 5.41) is 2.84. The van der Waals surface area contributed by atoms with Gasteiger partial charge in [-0.2, -0.15) is 0 Å². The molecule has 0 spiro atoms. The number of pyridine rings is 1. The summed E-state index contributed by atoms with van der Waals surface area (Å²) >= 11 is 3.25. The van der Waals surface area contributed by atoms with Gasteiger partial charge in [0.15, 0.2) is 0 Å². The van der Waals surface area contributed by atoms with Crippen LogP contribution in [0.1, 0.15) is 23.8 Å². The van der Waals surface area contributed by atoms with Crippen LogP contribution in [-0.2, 0) is 10.8 Å². The fourth-order valence-corrected chi connectivity index (χ4v) is 1.84. The molecule has 0 saturated carbocycles. The molecule has 1 aromatic rings. The Bertz CT molecular complexity index is 408. The van der Waals surface area contributed by atoms with E-state index in [1.54, 1.807) is 24.6 Å². The zero-order valence-corrected chi connectivity index (χ0v) is 12.2. The molecular formula is C11H15BrN2O2S. The fraction of sp³-hybridized carbons (Fsp3) is 0.455. The SMILES string of the molecule is CC(CCNC(=O)c1ccc(Br)cn1)S(C)=O. The van der Waals surface area contributed by atoms with Crippen molar-refractivity contribution in [2.45, 2.75) is 18.6 Å². The number of amides is 1. The minimum absolute atomic E-state index is 0.0909. The lowest BCUT2D eigenvalue weighted by Gasteiger charge is -2.08. The smallest absolute Gasteiger partial charge is 0.269 e. The standard InChI is InChI=1S/C11H15BrN2O2S/c1-8(17(2)16)5-6-13-11(15)10-4-3-9(12)7-14-10/h3-4,7-8H,5-6H2,1-2H3,(H,13,15). The molecule has 1 rings (SSSR count). The molecule has 94 valence electrons. The van der Waals surface area contributed by atoms with Gasteiger partial charge < -0.3 is 5.32 Å². The van der Waals surface area contributed by atoms with Crippen LogP contribution in [0.15, 0.2) is 22.8 Å². The predicted molar refractivity (Wildman–Crippen MR) is 72.4 cm³/mol. The number of aromatic nitrogens is 1. The lowest BCUT2D eigenvalue weighted by molar-refractivity contribution is 0.0948. The molecule has 0 aliphatic carbocycles. The van der Waals surface area contributed by atoms with E-state index in [1.165, 1.54) is 0 Å². The fourth-order valence-electron chi connectivity index (χ4n) is 1.16. The highest BCUT2D eigenvalue weighted by atomic mass is 79.9. The predicted octanol–water partition coefficient (Wildman–Crippen LogP) is 1.73. The van der Waals surface area contributed by atoms with Crippen LogP contribution in [0, 0.1) is 0 Å². The Labute approximate surface area is 112 Å². The van der Waals surface area contributed by atoms with E-state index < -0.39 is 10.8 Å². The topological polar surface area (TPSA) is 59.1 Å². The molecule has 4 nitrogen and oxygen atoms in total. The summed E-state index contributed by atoms with van der Waals surface area (Å²) in [6.45, 7) is 2.41. The summed E-state index contributed by atoms with van der Waals surface area (Å²) in [5.41, 5.74) is 0.387. The molecule has 1 N–H and O–H groups in total. The van der Waals surface area contributed by atoms with Crippen molar-refractivity contribution in [1.29, 1.82) is 0 Å². The molecule has 2 atom stereocenters. The first kappa shape index (κ1) is 14.3. The number of hydrogen-bond acceptors (Lipinski definition) is 3. The van der Waals surface area contributed by atoms with Crippen molar-refractivity contribution in [2.75, 3.05) is 12.8 Å². The summed E-state index contributed by atoms with van der Waals surface area (Å²) in [4.78, 5) is 15.6. The van der Waals surface area contributed by atoms with Gasteiger partial charge in [0, 0.05) is 39.5 Å². The maximum Gasteiger partial charge on any atom is 0.269 e. The van der Waals surface area contributed by atoms with Crippen molar-refractivity contribution >= 4 is 32.6 Å². The van der Waals surface area contributed by atoms with E-state index in [2.05, 4.69) is 26.2 Å². The second-order valence-electron chi connectivity index (χ2n) is 3.72. The quantitative estimate of drug-likeness (QED) is 0.899. The number of nitrogens with one attached hydrogen (secondary N) is 1. The number of carbonyl (C=O) groups excluding carboxylic acids is 1. The lowest BCUT2D eigenvalue weighted by atomic mass is 10.3. The monoisotopic (exact) mass is 318 g/mol. The third-order valence-electron chi connectivity index (χ3n) is 2.36. The molecule has 0 fully saturated rings. The second kappa shape index (κ2) is 6.86. The zero-order valence-electron chi connectivity index (χ0n) is 9.77. The second-order valence-corrected chi connectivity index (χ2v) is 6.43. The van der Waals surface area contributed by atoms with E-state index in [9.17, 15) is 9.00 Å². The number of carbonyl (C=O) groups is 1. The van der Waals surface area contributed by atoms with Crippen molar-refractivity contribution in [1.82, 2.24) is 10.3 Å². The number of nitrogens with zero attached hydrogens (tertiary/aromatic N) is 1. The van der Waals surface area contributed by atoms with Crippen LogP contribution in [0.5, 0.6) is 0 Å². The van der Waals surface area contributed by atoms with E-state index >= 15 is 0 Å². The van der Waals surface area contributed by atoms with Gasteiger partial charge in [0.1, 0.15) is 5.69 Å². The molecule has 0 radical (unpaired) electrons. The molecular weight excluding hydrogens is 304 g/mol. The maximum absolute atomic E-state index is 11.6. The summed E-state index contributed by atoms with van der Waals surface area (Å²) in [6, 6.07) is 3.42. The van der Waals surface area contributed by atoms with Crippen molar-refractivity contribution in [3.63, 3.8) is 0 Å². The first-order valence-corrected chi connectivity index (χ1v) is 7.64. The average Bonchev–Trinajstić information content (AvgIpc) is 2.29. The normalized spacial score (nSPS) is 14.1. The van der Waals surface area contributed by atoms with Crippen molar-refractivity contribution in [3.05, 3.63) is 28.5 Å². The van der Waals surface area contributed by atoms with Gasteiger partial charge in [-0.3, -0.25) is 9.00 Å². The average molecular weight is 319 g/mol. The Morgan fingerprint density at radius 2 is 2.29 bits per heavy atom. The Morgan fingerprint density at radius 3 is 2.82 bits per heavy atom. The van der Waals surface area contributed by atoms with Crippen molar-refractivity contribution < 1.29 is 9.00 Å². The van der Waals surface area contributed by atoms with Gasteiger partial charge in [0.05, 0.1) is 0 Å². The summed E-state index contributed by atoms with van der Waals surface area (Å²) in [5.74, 6) is -0.202. The molecule has 0 bridgehead atoms. The highest BCUT2D eigenvalue weighted by Crippen LogP contribution is 2.07. The van der Waals surface area contributed by atoms with E-state index in [0.717, 1.165) is 4.47 Å². The van der Waals surface area contributed by atoms with E-state index in [0.29, 0.717) is 18.7 Å². The third-order valence-corrected chi connectivity index (χ3v) is 4.20. The van der Waals surface area contributed by atoms with Crippen molar-refractivity contribution in [3.8, 4) is 0 Å². The number of rotatable bonds is 5. The lowest BCUT2D eigenvalue weighted by Crippen LogP contribution is -2.28. The molecule has 2 unspecified atom stereocenters. The molecule has 1 aromatic heterocycles. The van der Waals surface area contributed by atoms with Crippen LogP contribution < -0.4 is 5.32 Å². The van der Waals surface area contributed by atoms with Gasteiger partial charge >= 0.3 is 0 Å². The van der Waals surface area contributed by atoms with Gasteiger partial charge in [-0.1, -0.05) is 6.92 Å². The molecule has 1 heterocycles. The Hall–Kier alpha value is -0.750. The highest BCUT2D eigenvalue weighted by Gasteiger charge is 2.09. The summed E-state index contributed by atoms with van der Waals surface area (Å²) in [6.07, 6.45) is 3.95.